The maximum Gasteiger partial charge on any atom is 0.0110 e. The van der Waals surface area contributed by atoms with Gasteiger partial charge in [-0.25, -0.2) is 0 Å². The Labute approximate surface area is 88.6 Å². The smallest absolute Gasteiger partial charge is 0.0110 e. The summed E-state index contributed by atoms with van der Waals surface area (Å²) >= 11 is 0. The first kappa shape index (κ1) is 12.0. The van der Waals surface area contributed by atoms with Gasteiger partial charge in [-0.2, -0.15) is 0 Å². The maximum atomic E-state index is 5.77. The number of rotatable bonds is 5. The number of hydrogen-bond donors (Lipinski definition) is 2. The van der Waals surface area contributed by atoms with Crippen LogP contribution in [0.2, 0.25) is 0 Å². The van der Waals surface area contributed by atoms with Gasteiger partial charge in [0.05, 0.1) is 0 Å². The Hall–Kier alpha value is -0.0800. The van der Waals surface area contributed by atoms with E-state index in [1.165, 1.54) is 25.7 Å². The quantitative estimate of drug-likeness (QED) is 0.710. The zero-order chi connectivity index (χ0) is 10.6. The molecule has 3 N–H and O–H groups in total. The topological polar surface area (TPSA) is 38.0 Å². The summed E-state index contributed by atoms with van der Waals surface area (Å²) < 4.78 is 0. The van der Waals surface area contributed by atoms with E-state index in [2.05, 4.69) is 26.1 Å². The van der Waals surface area contributed by atoms with E-state index >= 15 is 0 Å². The Bertz CT molecular complexity index is 158. The molecule has 0 aromatic rings. The first-order chi connectivity index (χ1) is 6.69. The van der Waals surface area contributed by atoms with E-state index < -0.39 is 0 Å². The normalized spacial score (nSPS) is 31.7. The highest BCUT2D eigenvalue weighted by molar-refractivity contribution is 4.86. The molecule has 1 saturated carbocycles. The summed E-state index contributed by atoms with van der Waals surface area (Å²) in [5.74, 6) is 1.50. The molecule has 0 spiro atoms. The predicted molar refractivity (Wildman–Crippen MR) is 62.2 cm³/mol. The number of hydrogen-bond acceptors (Lipinski definition) is 2. The van der Waals surface area contributed by atoms with Crippen LogP contribution in [0.4, 0.5) is 0 Å². The van der Waals surface area contributed by atoms with Crippen molar-refractivity contribution in [3.8, 4) is 0 Å². The molecule has 2 nitrogen and oxygen atoms in total. The number of nitrogens with two attached hydrogens (primary N) is 1. The fourth-order valence-electron chi connectivity index (χ4n) is 2.39. The van der Waals surface area contributed by atoms with E-state index in [0.29, 0.717) is 12.1 Å². The Balaban J connectivity index is 2.35. The van der Waals surface area contributed by atoms with Gasteiger partial charge >= 0.3 is 0 Å². The Morgan fingerprint density at radius 3 is 2.64 bits per heavy atom. The average molecular weight is 198 g/mol. The average Bonchev–Trinajstić information content (AvgIpc) is 2.63. The van der Waals surface area contributed by atoms with Gasteiger partial charge < -0.3 is 11.1 Å². The summed E-state index contributed by atoms with van der Waals surface area (Å²) in [5.41, 5.74) is 5.77. The minimum atomic E-state index is 0.636. The molecule has 2 heteroatoms. The Kier molecular flexibility index (Phi) is 4.90. The molecule has 4 unspecified atom stereocenters. The molecule has 0 saturated heterocycles. The molecule has 1 fully saturated rings. The second kappa shape index (κ2) is 5.72. The molecule has 1 aliphatic carbocycles. The van der Waals surface area contributed by atoms with E-state index in [9.17, 15) is 0 Å². The van der Waals surface area contributed by atoms with Crippen molar-refractivity contribution in [3.63, 3.8) is 0 Å². The van der Waals surface area contributed by atoms with Crippen LogP contribution in [0.15, 0.2) is 0 Å². The molecule has 1 aliphatic rings. The summed E-state index contributed by atoms with van der Waals surface area (Å²) in [7, 11) is 0. The molecule has 1 rings (SSSR count). The third kappa shape index (κ3) is 2.96. The molecule has 0 aromatic heterocycles. The van der Waals surface area contributed by atoms with E-state index in [4.69, 9.17) is 5.73 Å². The van der Waals surface area contributed by atoms with Crippen LogP contribution >= 0.6 is 0 Å². The lowest BCUT2D eigenvalue weighted by molar-refractivity contribution is 0.310. The van der Waals surface area contributed by atoms with Crippen molar-refractivity contribution in [1.29, 1.82) is 0 Å². The van der Waals surface area contributed by atoms with Gasteiger partial charge in [0.15, 0.2) is 0 Å². The van der Waals surface area contributed by atoms with Gasteiger partial charge in [0.2, 0.25) is 0 Å². The molecule has 0 aromatic carbocycles. The molecule has 84 valence electrons. The predicted octanol–water partition coefficient (Wildman–Crippen LogP) is 2.14. The lowest BCUT2D eigenvalue weighted by Crippen LogP contribution is -2.43. The monoisotopic (exact) mass is 198 g/mol. The second-order valence-corrected chi connectivity index (χ2v) is 4.87. The van der Waals surface area contributed by atoms with Crippen LogP contribution in [-0.4, -0.2) is 18.6 Å². The molecule has 0 radical (unpaired) electrons. The summed E-state index contributed by atoms with van der Waals surface area (Å²) in [6.45, 7) is 7.74. The number of nitrogens with one attached hydrogen (secondary N) is 1. The standard InChI is InChI=1S/C12H26N2/c1-4-9(2)10(3)14-12-7-5-6-11(12)8-13/h9-12,14H,4-8,13H2,1-3H3. The van der Waals surface area contributed by atoms with E-state index in [1.807, 2.05) is 0 Å². The van der Waals surface area contributed by atoms with E-state index in [-0.39, 0.29) is 0 Å². The van der Waals surface area contributed by atoms with Gasteiger partial charge in [0.25, 0.3) is 0 Å². The van der Waals surface area contributed by atoms with E-state index in [0.717, 1.165) is 18.4 Å². The highest BCUT2D eigenvalue weighted by Crippen LogP contribution is 2.25. The van der Waals surface area contributed by atoms with Crippen molar-refractivity contribution < 1.29 is 0 Å². The van der Waals surface area contributed by atoms with E-state index in [1.54, 1.807) is 0 Å². The van der Waals surface area contributed by atoms with Gasteiger partial charge in [-0.15, -0.1) is 0 Å². The first-order valence-corrected chi connectivity index (χ1v) is 6.15. The zero-order valence-electron chi connectivity index (χ0n) is 9.92. The molecular weight excluding hydrogens is 172 g/mol. The Morgan fingerprint density at radius 1 is 1.36 bits per heavy atom. The Morgan fingerprint density at radius 2 is 2.07 bits per heavy atom. The van der Waals surface area contributed by atoms with Gasteiger partial charge in [-0.1, -0.05) is 26.7 Å². The minimum Gasteiger partial charge on any atom is -0.330 e. The lowest BCUT2D eigenvalue weighted by Gasteiger charge is -2.27. The van der Waals surface area contributed by atoms with Crippen LogP contribution in [0, 0.1) is 11.8 Å². The van der Waals surface area contributed by atoms with Crippen LogP contribution in [0.5, 0.6) is 0 Å². The van der Waals surface area contributed by atoms with Gasteiger partial charge in [0, 0.05) is 12.1 Å². The van der Waals surface area contributed by atoms with Gasteiger partial charge in [-0.05, 0) is 38.1 Å². The van der Waals surface area contributed by atoms with Gasteiger partial charge in [0.1, 0.15) is 0 Å². The molecule has 0 aliphatic heterocycles. The lowest BCUT2D eigenvalue weighted by atomic mass is 9.97. The second-order valence-electron chi connectivity index (χ2n) is 4.87. The van der Waals surface area contributed by atoms with Crippen molar-refractivity contribution in [2.75, 3.05) is 6.54 Å². The molecule has 0 heterocycles. The van der Waals surface area contributed by atoms with Crippen molar-refractivity contribution in [2.24, 2.45) is 17.6 Å². The molecule has 0 bridgehead atoms. The first-order valence-electron chi connectivity index (χ1n) is 6.15. The maximum absolute atomic E-state index is 5.77. The van der Waals surface area contributed by atoms with Crippen molar-refractivity contribution >= 4 is 0 Å². The van der Waals surface area contributed by atoms with Crippen LogP contribution in [0.25, 0.3) is 0 Å². The SMILES string of the molecule is CCC(C)C(C)NC1CCCC1CN. The van der Waals surface area contributed by atoms with Crippen molar-refractivity contribution in [3.05, 3.63) is 0 Å². The molecule has 4 atom stereocenters. The highest BCUT2D eigenvalue weighted by Gasteiger charge is 2.27. The zero-order valence-corrected chi connectivity index (χ0v) is 9.92. The van der Waals surface area contributed by atoms with Crippen LogP contribution in [0.3, 0.4) is 0 Å². The molecular formula is C12H26N2. The summed E-state index contributed by atoms with van der Waals surface area (Å²) in [4.78, 5) is 0. The summed E-state index contributed by atoms with van der Waals surface area (Å²) in [6, 6.07) is 1.32. The largest absolute Gasteiger partial charge is 0.330 e. The third-order valence-corrected chi connectivity index (χ3v) is 3.94. The van der Waals surface area contributed by atoms with Gasteiger partial charge in [-0.3, -0.25) is 0 Å². The van der Waals surface area contributed by atoms with Crippen LogP contribution in [0.1, 0.15) is 46.5 Å². The van der Waals surface area contributed by atoms with Crippen molar-refractivity contribution in [1.82, 2.24) is 5.32 Å². The summed E-state index contributed by atoms with van der Waals surface area (Å²) in [5, 5.41) is 3.75. The minimum absolute atomic E-state index is 0.636. The summed E-state index contributed by atoms with van der Waals surface area (Å²) in [6.07, 6.45) is 5.25. The van der Waals surface area contributed by atoms with Crippen molar-refractivity contribution in [2.45, 2.75) is 58.5 Å². The third-order valence-electron chi connectivity index (χ3n) is 3.94. The molecule has 14 heavy (non-hydrogen) atoms. The molecule has 0 amide bonds. The van der Waals surface area contributed by atoms with Crippen LogP contribution in [-0.2, 0) is 0 Å². The fraction of sp³-hybridized carbons (Fsp3) is 1.00. The fourth-order valence-corrected chi connectivity index (χ4v) is 2.39. The van der Waals surface area contributed by atoms with Crippen LogP contribution < -0.4 is 11.1 Å². The highest BCUT2D eigenvalue weighted by atomic mass is 15.0.